The van der Waals surface area contributed by atoms with Crippen LogP contribution in [0.25, 0.3) is 0 Å². The van der Waals surface area contributed by atoms with E-state index in [-0.39, 0.29) is 5.78 Å². The van der Waals surface area contributed by atoms with Crippen LogP contribution in [0.1, 0.15) is 32.1 Å². The molecule has 1 saturated heterocycles. The Morgan fingerprint density at radius 3 is 1.94 bits per heavy atom. The molecule has 0 bridgehead atoms. The predicted molar refractivity (Wildman–Crippen MR) is 148 cm³/mol. The Balaban J connectivity index is 1.42. The lowest BCUT2D eigenvalue weighted by Crippen LogP contribution is -2.23. The molecule has 178 valence electrons. The van der Waals surface area contributed by atoms with Crippen LogP contribution in [-0.4, -0.2) is 17.2 Å². The monoisotopic (exact) mass is 481 g/mol. The minimum atomic E-state index is -0.780. The second-order valence-electron chi connectivity index (χ2n) is 8.73. The number of carbonyl (C=O) groups excluding carboxylic acids is 1. The molecule has 3 aromatic carbocycles. The molecule has 4 rings (SSSR count). The van der Waals surface area contributed by atoms with Crippen molar-refractivity contribution in [3.05, 3.63) is 122 Å². The minimum Gasteiger partial charge on any atom is -0.462 e. The third-order valence-electron chi connectivity index (χ3n) is 6.10. The lowest BCUT2D eigenvalue weighted by Gasteiger charge is -2.22. The van der Waals surface area contributed by atoms with E-state index in [4.69, 9.17) is 4.74 Å². The van der Waals surface area contributed by atoms with Gasteiger partial charge in [-0.15, -0.1) is 0 Å². The normalized spacial score (nSPS) is 13.3. The Hall–Kier alpha value is -3.42. The number of hydrogen-bond acceptors (Lipinski definition) is 3. The maximum atomic E-state index is 12.5. The van der Waals surface area contributed by atoms with Gasteiger partial charge in [0.1, 0.15) is 5.75 Å². The first-order valence-corrected chi connectivity index (χ1v) is 13.4. The zero-order valence-corrected chi connectivity index (χ0v) is 21.1. The van der Waals surface area contributed by atoms with Crippen LogP contribution in [0.5, 0.6) is 5.75 Å². The number of likely N-dealkylation sites (tertiary alicyclic amines) is 1. The zero-order valence-electron chi connectivity index (χ0n) is 20.2. The molecule has 1 fully saturated rings. The number of carbonyl (C=O) groups is 1. The fourth-order valence-corrected chi connectivity index (χ4v) is 6.63. The summed E-state index contributed by atoms with van der Waals surface area (Å²) in [6.07, 6.45) is 3.62. The molecule has 0 atom stereocenters. The minimum absolute atomic E-state index is 0.194. The SMILES string of the molecule is C=C(CCCC(=O)CN1C(=C)CCC1=C)Oc1ccccc1P(c1ccccc1)c1ccccc1. The standard InChI is InChI=1S/C31H32NO2P/c1-24-21-22-25(2)32(24)23-27(33)14-12-13-26(3)34-30-19-10-11-20-31(30)35(28-15-6-4-7-16-28)29-17-8-5-9-18-29/h4-11,15-20H,1-3,12-14,21-23H2. The fraction of sp³-hybridized carbons (Fsp3) is 0.194. The molecule has 1 aliphatic rings. The van der Waals surface area contributed by atoms with Gasteiger partial charge in [-0.3, -0.25) is 4.79 Å². The van der Waals surface area contributed by atoms with Gasteiger partial charge in [-0.25, -0.2) is 0 Å². The summed E-state index contributed by atoms with van der Waals surface area (Å²) in [6.45, 7) is 12.6. The number of hydrogen-bond donors (Lipinski definition) is 0. The predicted octanol–water partition coefficient (Wildman–Crippen LogP) is 6.20. The molecule has 3 nitrogen and oxygen atoms in total. The van der Waals surface area contributed by atoms with E-state index in [0.29, 0.717) is 31.6 Å². The summed E-state index contributed by atoms with van der Waals surface area (Å²) in [5.41, 5.74) is 1.97. The smallest absolute Gasteiger partial charge is 0.152 e. The molecule has 35 heavy (non-hydrogen) atoms. The van der Waals surface area contributed by atoms with Crippen LogP contribution in [-0.2, 0) is 4.79 Å². The van der Waals surface area contributed by atoms with Crippen molar-refractivity contribution >= 4 is 29.6 Å². The van der Waals surface area contributed by atoms with Gasteiger partial charge in [0, 0.05) is 29.5 Å². The van der Waals surface area contributed by atoms with E-state index in [1.807, 2.05) is 29.2 Å². The van der Waals surface area contributed by atoms with Crippen LogP contribution in [0.15, 0.2) is 122 Å². The van der Waals surface area contributed by atoms with Crippen LogP contribution in [0.4, 0.5) is 0 Å². The van der Waals surface area contributed by atoms with Crippen molar-refractivity contribution in [2.75, 3.05) is 6.54 Å². The summed E-state index contributed by atoms with van der Waals surface area (Å²) in [4.78, 5) is 14.5. The maximum absolute atomic E-state index is 12.5. The van der Waals surface area contributed by atoms with E-state index >= 15 is 0 Å². The number of Topliss-reactive ketones (excluding diaryl/α,β-unsaturated/α-hetero) is 1. The Kier molecular flexibility index (Phi) is 8.34. The maximum Gasteiger partial charge on any atom is 0.152 e. The molecule has 0 spiro atoms. The van der Waals surface area contributed by atoms with Gasteiger partial charge in [-0.2, -0.15) is 0 Å². The molecule has 1 aliphatic heterocycles. The number of para-hydroxylation sites is 1. The lowest BCUT2D eigenvalue weighted by molar-refractivity contribution is -0.119. The van der Waals surface area contributed by atoms with Crippen molar-refractivity contribution in [2.24, 2.45) is 0 Å². The summed E-state index contributed by atoms with van der Waals surface area (Å²) in [6, 6.07) is 29.4. The highest BCUT2D eigenvalue weighted by Crippen LogP contribution is 2.37. The summed E-state index contributed by atoms with van der Waals surface area (Å²) in [7, 11) is -0.780. The number of ether oxygens (including phenoxy) is 1. The van der Waals surface area contributed by atoms with Crippen molar-refractivity contribution in [2.45, 2.75) is 32.1 Å². The fourth-order valence-electron chi connectivity index (χ4n) is 4.26. The molecular formula is C31H32NO2P. The molecule has 3 aromatic rings. The molecular weight excluding hydrogens is 449 g/mol. The number of rotatable bonds is 11. The summed E-state index contributed by atoms with van der Waals surface area (Å²) in [5.74, 6) is 1.70. The second-order valence-corrected chi connectivity index (χ2v) is 10.9. The number of allylic oxidation sites excluding steroid dienone is 3. The Morgan fingerprint density at radius 2 is 1.34 bits per heavy atom. The molecule has 0 amide bonds. The van der Waals surface area contributed by atoms with Crippen LogP contribution in [0, 0.1) is 0 Å². The van der Waals surface area contributed by atoms with E-state index in [2.05, 4.69) is 80.4 Å². The number of benzene rings is 3. The molecule has 0 radical (unpaired) electrons. The molecule has 0 N–H and O–H groups in total. The molecule has 0 saturated carbocycles. The highest BCUT2D eigenvalue weighted by Gasteiger charge is 2.22. The van der Waals surface area contributed by atoms with Crippen LogP contribution >= 0.6 is 7.92 Å². The van der Waals surface area contributed by atoms with E-state index in [0.717, 1.165) is 35.3 Å². The number of ketones is 1. The summed E-state index contributed by atoms with van der Waals surface area (Å²) in [5, 5.41) is 3.69. The first-order valence-electron chi connectivity index (χ1n) is 12.0. The highest BCUT2D eigenvalue weighted by molar-refractivity contribution is 7.80. The van der Waals surface area contributed by atoms with Gasteiger partial charge in [0.05, 0.1) is 12.3 Å². The molecule has 0 aliphatic carbocycles. The van der Waals surface area contributed by atoms with Crippen molar-refractivity contribution < 1.29 is 9.53 Å². The summed E-state index contributed by atoms with van der Waals surface area (Å²) >= 11 is 0. The van der Waals surface area contributed by atoms with Crippen LogP contribution in [0.2, 0.25) is 0 Å². The largest absolute Gasteiger partial charge is 0.462 e. The van der Waals surface area contributed by atoms with Gasteiger partial charge in [0.15, 0.2) is 5.78 Å². The van der Waals surface area contributed by atoms with Gasteiger partial charge in [-0.1, -0.05) is 98.6 Å². The topological polar surface area (TPSA) is 29.5 Å². The van der Waals surface area contributed by atoms with E-state index < -0.39 is 7.92 Å². The molecule has 0 unspecified atom stereocenters. The van der Waals surface area contributed by atoms with Crippen LogP contribution in [0.3, 0.4) is 0 Å². The van der Waals surface area contributed by atoms with Gasteiger partial charge in [0.2, 0.25) is 0 Å². The third kappa shape index (κ3) is 6.38. The van der Waals surface area contributed by atoms with Crippen molar-refractivity contribution in [3.8, 4) is 5.75 Å². The third-order valence-corrected chi connectivity index (χ3v) is 8.58. The van der Waals surface area contributed by atoms with Gasteiger partial charge in [0.25, 0.3) is 0 Å². The Morgan fingerprint density at radius 1 is 0.800 bits per heavy atom. The molecule has 1 heterocycles. The lowest BCUT2D eigenvalue weighted by atomic mass is 10.1. The Labute approximate surface area is 210 Å². The molecule has 4 heteroatoms. The van der Waals surface area contributed by atoms with Gasteiger partial charge >= 0.3 is 0 Å². The second kappa shape index (κ2) is 11.8. The Bertz CT molecular complexity index is 1150. The van der Waals surface area contributed by atoms with Gasteiger partial charge < -0.3 is 9.64 Å². The summed E-state index contributed by atoms with van der Waals surface area (Å²) < 4.78 is 6.29. The van der Waals surface area contributed by atoms with E-state index in [1.165, 1.54) is 10.6 Å². The zero-order chi connectivity index (χ0) is 24.6. The van der Waals surface area contributed by atoms with Crippen molar-refractivity contribution in [3.63, 3.8) is 0 Å². The molecule has 0 aromatic heterocycles. The average molecular weight is 482 g/mol. The van der Waals surface area contributed by atoms with E-state index in [1.54, 1.807) is 0 Å². The number of nitrogens with zero attached hydrogens (tertiary/aromatic N) is 1. The average Bonchev–Trinajstić information content (AvgIpc) is 3.18. The first kappa shape index (κ1) is 24.7. The van der Waals surface area contributed by atoms with Crippen LogP contribution < -0.4 is 20.7 Å². The van der Waals surface area contributed by atoms with E-state index in [9.17, 15) is 4.79 Å². The quantitative estimate of drug-likeness (QED) is 0.241. The highest BCUT2D eigenvalue weighted by atomic mass is 31.1. The van der Waals surface area contributed by atoms with Gasteiger partial charge in [-0.05, 0) is 43.9 Å². The van der Waals surface area contributed by atoms with Crippen molar-refractivity contribution in [1.82, 2.24) is 4.90 Å². The van der Waals surface area contributed by atoms with Crippen molar-refractivity contribution in [1.29, 1.82) is 0 Å². The first-order chi connectivity index (χ1) is 17.0.